The Morgan fingerprint density at radius 3 is 2.68 bits per heavy atom. The molecule has 2 heterocycles. The second-order valence-corrected chi connectivity index (χ2v) is 8.60. The van der Waals surface area contributed by atoms with Crippen molar-refractivity contribution in [3.05, 3.63) is 47.2 Å². The van der Waals surface area contributed by atoms with Crippen molar-refractivity contribution in [2.75, 3.05) is 19.6 Å². The smallest absolute Gasteiger partial charge is 0.286 e. The lowest BCUT2D eigenvalue weighted by Crippen LogP contribution is -2.35. The van der Waals surface area contributed by atoms with Crippen LogP contribution in [0, 0.1) is 11.8 Å². The Kier molecular flexibility index (Phi) is 8.49. The molecule has 1 aromatic rings. The van der Waals surface area contributed by atoms with E-state index in [4.69, 9.17) is 14.6 Å². The molecule has 1 aromatic carbocycles. The van der Waals surface area contributed by atoms with Gasteiger partial charge in [0.15, 0.2) is 5.76 Å². The minimum absolute atomic E-state index is 0.0144. The van der Waals surface area contributed by atoms with E-state index in [1.165, 1.54) is 0 Å². The zero-order chi connectivity index (χ0) is 22.2. The molecule has 0 saturated carbocycles. The van der Waals surface area contributed by atoms with Gasteiger partial charge in [-0.25, -0.2) is 0 Å². The molecule has 0 aromatic heterocycles. The van der Waals surface area contributed by atoms with Crippen LogP contribution in [0.2, 0.25) is 0 Å². The van der Waals surface area contributed by atoms with Crippen LogP contribution in [0.3, 0.4) is 0 Å². The summed E-state index contributed by atoms with van der Waals surface area (Å²) >= 11 is 0. The SMILES string of the molecule is CC(C)[C@@H]1C=C(C(=O)NCCCN2CCCC2=O)O[C@H](OCc2ccc(CO)cc2)C1. The molecule has 31 heavy (non-hydrogen) atoms. The number of nitrogens with zero attached hydrogens (tertiary/aromatic N) is 1. The van der Waals surface area contributed by atoms with Gasteiger partial charge in [0.25, 0.3) is 5.91 Å². The van der Waals surface area contributed by atoms with Gasteiger partial charge in [0.2, 0.25) is 12.2 Å². The van der Waals surface area contributed by atoms with Crippen molar-refractivity contribution in [2.24, 2.45) is 11.8 Å². The van der Waals surface area contributed by atoms with E-state index in [0.717, 1.165) is 30.5 Å². The first-order chi connectivity index (χ1) is 15.0. The van der Waals surface area contributed by atoms with Crippen LogP contribution >= 0.6 is 0 Å². The van der Waals surface area contributed by atoms with Crippen molar-refractivity contribution >= 4 is 11.8 Å². The zero-order valence-electron chi connectivity index (χ0n) is 18.5. The molecule has 3 rings (SSSR count). The Balaban J connectivity index is 1.49. The first-order valence-corrected chi connectivity index (χ1v) is 11.2. The summed E-state index contributed by atoms with van der Waals surface area (Å²) in [6.07, 6.45) is 4.40. The van der Waals surface area contributed by atoms with Crippen LogP contribution in [0.4, 0.5) is 0 Å². The summed E-state index contributed by atoms with van der Waals surface area (Å²) in [5.74, 6) is 0.832. The molecular formula is C24H34N2O5. The first kappa shape index (κ1) is 23.3. The number of benzene rings is 1. The number of hydrogen-bond donors (Lipinski definition) is 2. The van der Waals surface area contributed by atoms with Crippen LogP contribution in [0.25, 0.3) is 0 Å². The lowest BCUT2D eigenvalue weighted by molar-refractivity contribution is -0.154. The monoisotopic (exact) mass is 430 g/mol. The highest BCUT2D eigenvalue weighted by Gasteiger charge is 2.29. The van der Waals surface area contributed by atoms with Crippen LogP contribution in [-0.2, 0) is 32.3 Å². The van der Waals surface area contributed by atoms with Crippen molar-refractivity contribution < 1.29 is 24.2 Å². The van der Waals surface area contributed by atoms with Gasteiger partial charge >= 0.3 is 0 Å². The second kappa shape index (κ2) is 11.3. The third-order valence-corrected chi connectivity index (χ3v) is 5.87. The molecule has 2 aliphatic rings. The van der Waals surface area contributed by atoms with Gasteiger partial charge in [-0.1, -0.05) is 38.1 Å². The number of allylic oxidation sites excluding steroid dienone is 1. The molecule has 7 nitrogen and oxygen atoms in total. The Hall–Kier alpha value is -2.38. The molecule has 2 atom stereocenters. The molecule has 0 spiro atoms. The van der Waals surface area contributed by atoms with Gasteiger partial charge < -0.3 is 24.8 Å². The Labute approximate surface area is 184 Å². The number of amides is 2. The average Bonchev–Trinajstić information content (AvgIpc) is 3.19. The number of likely N-dealkylation sites (tertiary alicyclic amines) is 1. The minimum atomic E-state index is -0.488. The van der Waals surface area contributed by atoms with Gasteiger partial charge in [-0.3, -0.25) is 9.59 Å². The highest BCUT2D eigenvalue weighted by molar-refractivity contribution is 5.91. The summed E-state index contributed by atoms with van der Waals surface area (Å²) in [6, 6.07) is 7.57. The molecule has 2 N–H and O–H groups in total. The van der Waals surface area contributed by atoms with Crippen LogP contribution in [0.1, 0.15) is 50.7 Å². The molecule has 7 heteroatoms. The third-order valence-electron chi connectivity index (χ3n) is 5.87. The predicted molar refractivity (Wildman–Crippen MR) is 116 cm³/mol. The number of aliphatic hydroxyl groups excluding tert-OH is 1. The standard InChI is InChI=1S/C24H34N2O5/c1-17(2)20-13-21(24(29)25-10-4-12-26-11-3-5-22(26)28)31-23(14-20)30-16-19-8-6-18(15-27)7-9-19/h6-9,13,17,20,23,27H,3-5,10-12,14-16H2,1-2H3,(H,25,29)/t20-,23+/m1/s1. The number of hydrogen-bond acceptors (Lipinski definition) is 5. The third kappa shape index (κ3) is 6.80. The molecule has 0 bridgehead atoms. The summed E-state index contributed by atoms with van der Waals surface area (Å²) in [5.41, 5.74) is 1.84. The summed E-state index contributed by atoms with van der Waals surface area (Å²) in [7, 11) is 0. The Morgan fingerprint density at radius 1 is 1.29 bits per heavy atom. The van der Waals surface area contributed by atoms with Gasteiger partial charge in [0, 0.05) is 32.5 Å². The van der Waals surface area contributed by atoms with Crippen LogP contribution in [0.15, 0.2) is 36.1 Å². The van der Waals surface area contributed by atoms with Crippen molar-refractivity contribution in [1.29, 1.82) is 0 Å². The fourth-order valence-electron chi connectivity index (χ4n) is 3.84. The lowest BCUT2D eigenvalue weighted by atomic mass is 9.90. The maximum Gasteiger partial charge on any atom is 0.286 e. The number of rotatable bonds is 10. The zero-order valence-corrected chi connectivity index (χ0v) is 18.5. The van der Waals surface area contributed by atoms with Gasteiger partial charge in [-0.2, -0.15) is 0 Å². The summed E-state index contributed by atoms with van der Waals surface area (Å²) < 4.78 is 11.8. The normalized spacial score (nSPS) is 21.2. The summed E-state index contributed by atoms with van der Waals surface area (Å²) in [5, 5.41) is 12.1. The van der Waals surface area contributed by atoms with Gasteiger partial charge in [0.1, 0.15) is 0 Å². The fourth-order valence-corrected chi connectivity index (χ4v) is 3.84. The quantitative estimate of drug-likeness (QED) is 0.557. The minimum Gasteiger partial charge on any atom is -0.459 e. The number of carbonyl (C=O) groups excluding carboxylic acids is 2. The molecule has 2 aliphatic heterocycles. The molecule has 1 saturated heterocycles. The lowest BCUT2D eigenvalue weighted by Gasteiger charge is -2.31. The highest BCUT2D eigenvalue weighted by atomic mass is 16.7. The topological polar surface area (TPSA) is 88.1 Å². The van der Waals surface area contributed by atoms with Crippen LogP contribution in [0.5, 0.6) is 0 Å². The van der Waals surface area contributed by atoms with E-state index in [-0.39, 0.29) is 24.3 Å². The van der Waals surface area contributed by atoms with Gasteiger partial charge in [-0.15, -0.1) is 0 Å². The van der Waals surface area contributed by atoms with E-state index in [1.54, 1.807) is 0 Å². The van der Waals surface area contributed by atoms with E-state index in [2.05, 4.69) is 19.2 Å². The van der Waals surface area contributed by atoms with Crippen LogP contribution in [-0.4, -0.2) is 47.7 Å². The van der Waals surface area contributed by atoms with Crippen molar-refractivity contribution in [3.63, 3.8) is 0 Å². The average molecular weight is 431 g/mol. The van der Waals surface area contributed by atoms with E-state index < -0.39 is 6.29 Å². The van der Waals surface area contributed by atoms with Gasteiger partial charge in [0.05, 0.1) is 13.2 Å². The molecule has 2 amide bonds. The summed E-state index contributed by atoms with van der Waals surface area (Å²) in [4.78, 5) is 26.2. The van der Waals surface area contributed by atoms with Crippen molar-refractivity contribution in [1.82, 2.24) is 10.2 Å². The molecule has 0 unspecified atom stereocenters. The molecular weight excluding hydrogens is 396 g/mol. The van der Waals surface area contributed by atoms with E-state index in [1.807, 2.05) is 35.2 Å². The number of carbonyl (C=O) groups is 2. The van der Waals surface area contributed by atoms with Crippen molar-refractivity contribution in [2.45, 2.75) is 59.0 Å². The van der Waals surface area contributed by atoms with E-state index in [0.29, 0.717) is 44.2 Å². The number of nitrogens with one attached hydrogen (secondary N) is 1. The highest BCUT2D eigenvalue weighted by Crippen LogP contribution is 2.29. The number of ether oxygens (including phenoxy) is 2. The van der Waals surface area contributed by atoms with Gasteiger partial charge in [-0.05, 0) is 41.9 Å². The molecule has 1 fully saturated rings. The van der Waals surface area contributed by atoms with E-state index >= 15 is 0 Å². The van der Waals surface area contributed by atoms with Crippen LogP contribution < -0.4 is 5.32 Å². The Bertz CT molecular complexity index is 775. The van der Waals surface area contributed by atoms with E-state index in [9.17, 15) is 9.59 Å². The number of aliphatic hydroxyl groups is 1. The Morgan fingerprint density at radius 2 is 2.03 bits per heavy atom. The van der Waals surface area contributed by atoms with Crippen molar-refractivity contribution in [3.8, 4) is 0 Å². The molecule has 170 valence electrons. The molecule has 0 aliphatic carbocycles. The predicted octanol–water partition coefficient (Wildman–Crippen LogP) is 2.73. The summed E-state index contributed by atoms with van der Waals surface area (Å²) in [6.45, 7) is 6.63. The second-order valence-electron chi connectivity index (χ2n) is 8.60. The maximum atomic E-state index is 12.7. The maximum absolute atomic E-state index is 12.7. The molecule has 0 radical (unpaired) electrons. The first-order valence-electron chi connectivity index (χ1n) is 11.2. The largest absolute Gasteiger partial charge is 0.459 e. The fraction of sp³-hybridized carbons (Fsp3) is 0.583.